The van der Waals surface area contributed by atoms with Crippen molar-refractivity contribution in [2.24, 2.45) is 0 Å². The molecule has 1 aliphatic heterocycles. The molecule has 1 saturated heterocycles. The summed E-state index contributed by atoms with van der Waals surface area (Å²) in [5, 5.41) is 3.61. The Hall–Kier alpha value is -0.380. The summed E-state index contributed by atoms with van der Waals surface area (Å²) in [4.78, 5) is 2.43. The monoisotopic (exact) mass is 310 g/mol. The Morgan fingerprint density at radius 1 is 1.39 bits per heavy atom. The predicted octanol–water partition coefficient (Wildman–Crippen LogP) is 3.33. The van der Waals surface area contributed by atoms with Crippen LogP contribution in [-0.2, 0) is 6.54 Å². The van der Waals surface area contributed by atoms with Gasteiger partial charge in [-0.15, -0.1) is 0 Å². The summed E-state index contributed by atoms with van der Waals surface area (Å²) in [5.74, 6) is 0. The number of likely N-dealkylation sites (N-methyl/N-ethyl adjacent to an activating group) is 1. The number of rotatable bonds is 4. The summed E-state index contributed by atoms with van der Waals surface area (Å²) < 4.78 is 1.17. The second kappa shape index (κ2) is 6.69. The molecule has 2 nitrogen and oxygen atoms in total. The van der Waals surface area contributed by atoms with Crippen LogP contribution in [-0.4, -0.2) is 31.1 Å². The third kappa shape index (κ3) is 4.08. The van der Waals surface area contributed by atoms with Crippen molar-refractivity contribution < 1.29 is 0 Å². The van der Waals surface area contributed by atoms with Gasteiger partial charge in [-0.05, 0) is 56.6 Å². The van der Waals surface area contributed by atoms with E-state index in [0.717, 1.165) is 13.1 Å². The average molecular weight is 311 g/mol. The quantitative estimate of drug-likeness (QED) is 0.917. The molecule has 1 aromatic carbocycles. The zero-order chi connectivity index (χ0) is 13.0. The Labute approximate surface area is 119 Å². The number of hydrogen-bond acceptors (Lipinski definition) is 2. The van der Waals surface area contributed by atoms with Gasteiger partial charge >= 0.3 is 0 Å². The summed E-state index contributed by atoms with van der Waals surface area (Å²) in [5.41, 5.74) is 2.80. The Morgan fingerprint density at radius 2 is 2.22 bits per heavy atom. The highest BCUT2D eigenvalue weighted by Gasteiger charge is 2.14. The molecule has 0 aliphatic carbocycles. The fourth-order valence-electron chi connectivity index (χ4n) is 2.62. The largest absolute Gasteiger partial charge is 0.313 e. The van der Waals surface area contributed by atoms with Crippen LogP contribution >= 0.6 is 15.9 Å². The van der Waals surface area contributed by atoms with E-state index in [1.165, 1.54) is 41.4 Å². The van der Waals surface area contributed by atoms with Crippen molar-refractivity contribution in [3.05, 3.63) is 33.8 Å². The Bertz CT molecular complexity index is 386. The van der Waals surface area contributed by atoms with Crippen LogP contribution in [0.4, 0.5) is 0 Å². The number of hydrogen-bond donors (Lipinski definition) is 1. The van der Waals surface area contributed by atoms with E-state index in [1.54, 1.807) is 0 Å². The van der Waals surface area contributed by atoms with Crippen LogP contribution in [0.5, 0.6) is 0 Å². The minimum atomic E-state index is 0.677. The minimum absolute atomic E-state index is 0.677. The molecule has 100 valence electrons. The molecule has 0 aromatic heterocycles. The van der Waals surface area contributed by atoms with E-state index >= 15 is 0 Å². The van der Waals surface area contributed by atoms with E-state index in [0.29, 0.717) is 6.04 Å². The number of nitrogens with zero attached hydrogens (tertiary/aromatic N) is 1. The third-order valence-corrected chi connectivity index (χ3v) is 4.19. The summed E-state index contributed by atoms with van der Waals surface area (Å²) in [6.07, 6.45) is 4.04. The minimum Gasteiger partial charge on any atom is -0.313 e. The van der Waals surface area contributed by atoms with Crippen LogP contribution in [0, 0.1) is 6.92 Å². The van der Waals surface area contributed by atoms with Crippen LogP contribution in [0.25, 0.3) is 0 Å². The summed E-state index contributed by atoms with van der Waals surface area (Å²) in [6.45, 7) is 5.55. The lowest BCUT2D eigenvalue weighted by Crippen LogP contribution is -2.42. The second-order valence-corrected chi connectivity index (χ2v) is 6.33. The highest BCUT2D eigenvalue weighted by atomic mass is 79.9. The van der Waals surface area contributed by atoms with E-state index in [1.807, 2.05) is 0 Å². The zero-order valence-corrected chi connectivity index (χ0v) is 13.0. The van der Waals surface area contributed by atoms with Gasteiger partial charge in [-0.25, -0.2) is 0 Å². The zero-order valence-electron chi connectivity index (χ0n) is 11.4. The summed E-state index contributed by atoms with van der Waals surface area (Å²) in [6, 6.07) is 7.21. The molecule has 1 aliphatic rings. The molecule has 18 heavy (non-hydrogen) atoms. The molecule has 1 N–H and O–H groups in total. The molecule has 0 saturated carbocycles. The summed E-state index contributed by atoms with van der Waals surface area (Å²) in [7, 11) is 2.22. The van der Waals surface area contributed by atoms with Gasteiger partial charge in [0.1, 0.15) is 0 Å². The van der Waals surface area contributed by atoms with Gasteiger partial charge in [0.15, 0.2) is 0 Å². The van der Waals surface area contributed by atoms with Crippen molar-refractivity contribution in [2.75, 3.05) is 20.1 Å². The smallest absolute Gasteiger partial charge is 0.0234 e. The molecule has 0 bridgehead atoms. The fourth-order valence-corrected chi connectivity index (χ4v) is 3.03. The van der Waals surface area contributed by atoms with Gasteiger partial charge < -0.3 is 10.2 Å². The maximum Gasteiger partial charge on any atom is 0.0234 e. The molecule has 0 amide bonds. The molecular weight excluding hydrogens is 288 g/mol. The van der Waals surface area contributed by atoms with Crippen LogP contribution in [0.15, 0.2) is 22.7 Å². The first-order valence-electron chi connectivity index (χ1n) is 6.82. The first-order valence-corrected chi connectivity index (χ1v) is 7.61. The van der Waals surface area contributed by atoms with Gasteiger partial charge in [0.05, 0.1) is 0 Å². The number of aryl methyl sites for hydroxylation is 1. The van der Waals surface area contributed by atoms with E-state index < -0.39 is 0 Å². The molecule has 2 rings (SSSR count). The van der Waals surface area contributed by atoms with Crippen LogP contribution in [0.3, 0.4) is 0 Å². The van der Waals surface area contributed by atoms with E-state index in [-0.39, 0.29) is 0 Å². The van der Waals surface area contributed by atoms with Gasteiger partial charge in [-0.1, -0.05) is 28.4 Å². The van der Waals surface area contributed by atoms with Crippen molar-refractivity contribution in [2.45, 2.75) is 38.8 Å². The van der Waals surface area contributed by atoms with Gasteiger partial charge in [0, 0.05) is 23.6 Å². The lowest BCUT2D eigenvalue weighted by Gasteiger charge is -2.28. The molecule has 1 atom stereocenters. The molecule has 0 spiro atoms. The molecule has 3 heteroatoms. The maximum absolute atomic E-state index is 3.61. The number of nitrogens with one attached hydrogen (secondary N) is 1. The first-order chi connectivity index (χ1) is 8.65. The van der Waals surface area contributed by atoms with E-state index in [2.05, 4.69) is 58.3 Å². The highest BCUT2D eigenvalue weighted by Crippen LogP contribution is 2.18. The molecule has 1 unspecified atom stereocenters. The molecular formula is C15H23BrN2. The normalized spacial score (nSPS) is 20.3. The second-order valence-electron chi connectivity index (χ2n) is 5.41. The molecule has 0 radical (unpaired) electrons. The number of halogens is 1. The third-order valence-electron chi connectivity index (χ3n) is 3.70. The number of benzene rings is 1. The molecule has 1 fully saturated rings. The first kappa shape index (κ1) is 14.0. The van der Waals surface area contributed by atoms with Crippen LogP contribution in [0.1, 0.15) is 30.4 Å². The van der Waals surface area contributed by atoms with Crippen molar-refractivity contribution >= 4 is 15.9 Å². The van der Waals surface area contributed by atoms with Crippen molar-refractivity contribution in [1.82, 2.24) is 10.2 Å². The average Bonchev–Trinajstić information content (AvgIpc) is 2.35. The maximum atomic E-state index is 3.61. The predicted molar refractivity (Wildman–Crippen MR) is 80.9 cm³/mol. The Balaban J connectivity index is 1.89. The SMILES string of the molecule is Cc1ccc(Br)cc1CN(C)CC1CCCCN1. The fraction of sp³-hybridized carbons (Fsp3) is 0.600. The van der Waals surface area contributed by atoms with Crippen molar-refractivity contribution in [3.63, 3.8) is 0 Å². The standard InChI is InChI=1S/C15H23BrN2/c1-12-6-7-14(16)9-13(12)10-18(2)11-15-5-3-4-8-17-15/h6-7,9,15,17H,3-5,8,10-11H2,1-2H3. The van der Waals surface area contributed by atoms with E-state index in [9.17, 15) is 0 Å². The van der Waals surface area contributed by atoms with Crippen molar-refractivity contribution in [1.29, 1.82) is 0 Å². The van der Waals surface area contributed by atoms with Gasteiger partial charge in [0.2, 0.25) is 0 Å². The van der Waals surface area contributed by atoms with Crippen LogP contribution in [0.2, 0.25) is 0 Å². The lowest BCUT2D eigenvalue weighted by atomic mass is 10.0. The summed E-state index contributed by atoms with van der Waals surface area (Å²) >= 11 is 3.55. The molecule has 1 heterocycles. The highest BCUT2D eigenvalue weighted by molar-refractivity contribution is 9.10. The van der Waals surface area contributed by atoms with Gasteiger partial charge in [-0.2, -0.15) is 0 Å². The van der Waals surface area contributed by atoms with Crippen molar-refractivity contribution in [3.8, 4) is 0 Å². The number of piperidine rings is 1. The topological polar surface area (TPSA) is 15.3 Å². The lowest BCUT2D eigenvalue weighted by molar-refractivity contribution is 0.256. The Morgan fingerprint density at radius 3 is 2.94 bits per heavy atom. The van der Waals surface area contributed by atoms with E-state index in [4.69, 9.17) is 0 Å². The molecule has 1 aromatic rings. The van der Waals surface area contributed by atoms with Gasteiger partial charge in [0.25, 0.3) is 0 Å². The Kier molecular flexibility index (Phi) is 5.22. The van der Waals surface area contributed by atoms with Gasteiger partial charge in [-0.3, -0.25) is 0 Å². The van der Waals surface area contributed by atoms with Crippen LogP contribution < -0.4 is 5.32 Å².